The highest BCUT2D eigenvalue weighted by Crippen LogP contribution is 2.43. The van der Waals surface area contributed by atoms with Crippen LogP contribution < -0.4 is 4.90 Å². The summed E-state index contributed by atoms with van der Waals surface area (Å²) in [4.78, 5) is 37.0. The number of pyridine rings is 1. The van der Waals surface area contributed by atoms with Crippen molar-refractivity contribution in [1.29, 1.82) is 0 Å². The zero-order valence-electron chi connectivity index (χ0n) is 22.3. The summed E-state index contributed by atoms with van der Waals surface area (Å²) in [6.07, 6.45) is 0.556. The van der Waals surface area contributed by atoms with Gasteiger partial charge in [0.05, 0.1) is 25.4 Å². The van der Waals surface area contributed by atoms with E-state index in [1.54, 1.807) is 11.8 Å². The zero-order chi connectivity index (χ0) is 27.0. The first-order chi connectivity index (χ1) is 17.4. The molecule has 1 N–H and O–H groups in total. The highest BCUT2D eigenvalue weighted by molar-refractivity contribution is 5.97. The van der Waals surface area contributed by atoms with Gasteiger partial charge < -0.3 is 19.6 Å². The van der Waals surface area contributed by atoms with Crippen molar-refractivity contribution in [3.05, 3.63) is 23.5 Å². The van der Waals surface area contributed by atoms with Crippen LogP contribution in [0.4, 0.5) is 19.3 Å². The van der Waals surface area contributed by atoms with Gasteiger partial charge in [-0.3, -0.25) is 19.6 Å². The number of halogens is 2. The molecule has 0 aliphatic carbocycles. The second kappa shape index (κ2) is 10.8. The van der Waals surface area contributed by atoms with Crippen LogP contribution in [0.1, 0.15) is 51.8 Å². The van der Waals surface area contributed by atoms with E-state index >= 15 is 0 Å². The molecule has 2 amide bonds. The molecule has 37 heavy (non-hydrogen) atoms. The van der Waals surface area contributed by atoms with Crippen LogP contribution in [0, 0.1) is 0 Å². The Hall–Kier alpha value is -2.37. The van der Waals surface area contributed by atoms with Gasteiger partial charge in [0, 0.05) is 74.9 Å². The number of piperazine rings is 1. The van der Waals surface area contributed by atoms with Gasteiger partial charge in [0.2, 0.25) is 5.91 Å². The van der Waals surface area contributed by atoms with Gasteiger partial charge >= 0.3 is 6.09 Å². The Morgan fingerprint density at radius 3 is 2.59 bits per heavy atom. The summed E-state index contributed by atoms with van der Waals surface area (Å²) in [5.74, 6) is -3.23. The lowest BCUT2D eigenvalue weighted by Crippen LogP contribution is -2.63. The summed E-state index contributed by atoms with van der Waals surface area (Å²) >= 11 is 0. The SMILES string of the molecule is CCCC(F)(F)c1cc2c(cn1)C(C)(C)CN2C(=O)CN1C[C@@H](C)N(C(=O)O)C[C@@H]1CN1CCOCC1. The first-order valence-corrected chi connectivity index (χ1v) is 13.2. The number of alkyl halides is 2. The average Bonchev–Trinajstić information content (AvgIpc) is 3.11. The van der Waals surface area contributed by atoms with Gasteiger partial charge in [0.15, 0.2) is 0 Å². The van der Waals surface area contributed by atoms with E-state index in [1.807, 2.05) is 20.8 Å². The third-order valence-corrected chi connectivity index (χ3v) is 7.81. The molecule has 4 heterocycles. The number of rotatable bonds is 7. The molecule has 0 spiro atoms. The Morgan fingerprint density at radius 1 is 1.24 bits per heavy atom. The van der Waals surface area contributed by atoms with Crippen molar-refractivity contribution in [3.8, 4) is 0 Å². The molecule has 4 rings (SSSR count). The topological polar surface area (TPSA) is 89.5 Å². The number of nitrogens with zero attached hydrogens (tertiary/aromatic N) is 5. The van der Waals surface area contributed by atoms with E-state index in [-0.39, 0.29) is 36.7 Å². The Kier molecular flexibility index (Phi) is 8.06. The molecule has 3 aliphatic rings. The number of hydrogen-bond donors (Lipinski definition) is 1. The molecule has 2 fully saturated rings. The monoisotopic (exact) mass is 523 g/mol. The summed E-state index contributed by atoms with van der Waals surface area (Å²) in [6, 6.07) is 0.955. The van der Waals surface area contributed by atoms with Gasteiger partial charge in [0.25, 0.3) is 5.92 Å². The van der Waals surface area contributed by atoms with E-state index in [2.05, 4.69) is 14.8 Å². The number of morpholine rings is 1. The molecular formula is C26H39F2N5O4. The van der Waals surface area contributed by atoms with Crippen molar-refractivity contribution < 1.29 is 28.2 Å². The van der Waals surface area contributed by atoms with Crippen LogP contribution in [0.15, 0.2) is 12.3 Å². The molecule has 0 bridgehead atoms. The second-order valence-corrected chi connectivity index (χ2v) is 11.2. The number of hydrogen-bond acceptors (Lipinski definition) is 6. The van der Waals surface area contributed by atoms with Crippen LogP contribution in [0.5, 0.6) is 0 Å². The van der Waals surface area contributed by atoms with E-state index in [9.17, 15) is 23.5 Å². The van der Waals surface area contributed by atoms with Crippen LogP contribution in [0.3, 0.4) is 0 Å². The maximum absolute atomic E-state index is 14.7. The highest BCUT2D eigenvalue weighted by atomic mass is 19.3. The van der Waals surface area contributed by atoms with E-state index in [0.29, 0.717) is 51.5 Å². The Morgan fingerprint density at radius 2 is 1.95 bits per heavy atom. The lowest BCUT2D eigenvalue weighted by atomic mass is 9.88. The molecule has 1 aromatic rings. The fourth-order valence-electron chi connectivity index (χ4n) is 5.70. The number of anilines is 1. The summed E-state index contributed by atoms with van der Waals surface area (Å²) < 4.78 is 34.8. The van der Waals surface area contributed by atoms with Crippen molar-refractivity contribution in [2.24, 2.45) is 0 Å². The zero-order valence-corrected chi connectivity index (χ0v) is 22.3. The third-order valence-electron chi connectivity index (χ3n) is 7.81. The molecule has 206 valence electrons. The fraction of sp³-hybridized carbons (Fsp3) is 0.731. The lowest BCUT2D eigenvalue weighted by Gasteiger charge is -2.46. The van der Waals surface area contributed by atoms with Crippen molar-refractivity contribution in [1.82, 2.24) is 19.7 Å². The van der Waals surface area contributed by atoms with Gasteiger partial charge in [-0.1, -0.05) is 27.2 Å². The Labute approximate surface area is 217 Å². The highest BCUT2D eigenvalue weighted by Gasteiger charge is 2.43. The van der Waals surface area contributed by atoms with Crippen LogP contribution >= 0.6 is 0 Å². The summed E-state index contributed by atoms with van der Waals surface area (Å²) in [5, 5.41) is 9.70. The molecule has 2 atom stereocenters. The van der Waals surface area contributed by atoms with E-state index in [1.165, 1.54) is 17.2 Å². The third kappa shape index (κ3) is 5.88. The van der Waals surface area contributed by atoms with E-state index < -0.39 is 17.4 Å². The number of carboxylic acid groups (broad SMARTS) is 1. The lowest BCUT2D eigenvalue weighted by molar-refractivity contribution is -0.121. The summed E-state index contributed by atoms with van der Waals surface area (Å²) in [6.45, 7) is 12.1. The molecule has 0 saturated carbocycles. The predicted molar refractivity (Wildman–Crippen MR) is 135 cm³/mol. The molecule has 1 aromatic heterocycles. The van der Waals surface area contributed by atoms with E-state index in [0.717, 1.165) is 18.7 Å². The maximum atomic E-state index is 14.7. The number of ether oxygens (including phenoxy) is 1. The van der Waals surface area contributed by atoms with Crippen molar-refractivity contribution >= 4 is 17.7 Å². The number of carbonyl (C=O) groups is 2. The number of carbonyl (C=O) groups excluding carboxylic acids is 1. The van der Waals surface area contributed by atoms with Gasteiger partial charge in [-0.2, -0.15) is 8.78 Å². The Balaban J connectivity index is 1.56. The van der Waals surface area contributed by atoms with Crippen LogP contribution in [-0.4, -0.2) is 108 Å². The molecule has 0 radical (unpaired) electrons. The van der Waals surface area contributed by atoms with Crippen LogP contribution in [0.25, 0.3) is 0 Å². The normalized spacial score (nSPS) is 24.8. The minimum atomic E-state index is -3.06. The minimum Gasteiger partial charge on any atom is -0.465 e. The quantitative estimate of drug-likeness (QED) is 0.588. The van der Waals surface area contributed by atoms with Crippen molar-refractivity contribution in [2.75, 3.05) is 63.9 Å². The van der Waals surface area contributed by atoms with Gasteiger partial charge in [-0.25, -0.2) is 4.79 Å². The van der Waals surface area contributed by atoms with Crippen LogP contribution in [0.2, 0.25) is 0 Å². The number of fused-ring (bicyclic) bond motifs is 1. The molecule has 0 unspecified atom stereocenters. The van der Waals surface area contributed by atoms with Crippen LogP contribution in [-0.2, 0) is 20.9 Å². The smallest absolute Gasteiger partial charge is 0.407 e. The number of aromatic nitrogens is 1. The van der Waals surface area contributed by atoms with Gasteiger partial charge in [-0.05, 0) is 13.0 Å². The first kappa shape index (κ1) is 27.7. The predicted octanol–water partition coefficient (Wildman–Crippen LogP) is 2.98. The summed E-state index contributed by atoms with van der Waals surface area (Å²) in [5.41, 5.74) is 0.556. The fourth-order valence-corrected chi connectivity index (χ4v) is 5.70. The molecule has 0 aromatic carbocycles. The maximum Gasteiger partial charge on any atom is 0.407 e. The van der Waals surface area contributed by atoms with Crippen molar-refractivity contribution in [3.63, 3.8) is 0 Å². The first-order valence-electron chi connectivity index (χ1n) is 13.2. The van der Waals surface area contributed by atoms with Gasteiger partial charge in [0.1, 0.15) is 5.69 Å². The largest absolute Gasteiger partial charge is 0.465 e. The number of amides is 2. The molecule has 3 aliphatic heterocycles. The van der Waals surface area contributed by atoms with Gasteiger partial charge in [-0.15, -0.1) is 0 Å². The standard InChI is InChI=1S/C26H39F2N5O4/c1-5-6-26(27,28)22-11-21-20(12-29-22)25(3,4)17-33(21)23(34)16-31-13-18(2)32(24(35)36)15-19(31)14-30-7-9-37-10-8-30/h11-12,18-19H,5-10,13-17H2,1-4H3,(H,35,36)/t18-,19+/m1/s1. The Bertz CT molecular complexity index is 1000. The molecular weight excluding hydrogens is 484 g/mol. The molecule has 9 nitrogen and oxygen atoms in total. The molecule has 2 saturated heterocycles. The summed E-state index contributed by atoms with van der Waals surface area (Å²) in [7, 11) is 0. The van der Waals surface area contributed by atoms with Crippen molar-refractivity contribution in [2.45, 2.75) is 64.0 Å². The average molecular weight is 524 g/mol. The van der Waals surface area contributed by atoms with E-state index in [4.69, 9.17) is 4.74 Å². The minimum absolute atomic E-state index is 0.0886. The molecule has 11 heteroatoms. The second-order valence-electron chi connectivity index (χ2n) is 11.2.